The van der Waals surface area contributed by atoms with E-state index in [-0.39, 0.29) is 5.41 Å². The first-order valence-corrected chi connectivity index (χ1v) is 7.37. The van der Waals surface area contributed by atoms with Crippen LogP contribution in [0.1, 0.15) is 37.5 Å². The summed E-state index contributed by atoms with van der Waals surface area (Å²) in [5, 5.41) is 0. The maximum absolute atomic E-state index is 2.34. The highest BCUT2D eigenvalue weighted by atomic mass is 127. The molecule has 0 radical (unpaired) electrons. The molecule has 94 valence electrons. The van der Waals surface area contributed by atoms with Crippen LogP contribution in [0, 0.1) is 3.57 Å². The van der Waals surface area contributed by atoms with Gasteiger partial charge in [0, 0.05) is 3.57 Å². The molecule has 2 aromatic rings. The van der Waals surface area contributed by atoms with E-state index >= 15 is 0 Å². The van der Waals surface area contributed by atoms with Crippen LogP contribution >= 0.6 is 22.6 Å². The largest absolute Gasteiger partial charge is 0.0584 e. The van der Waals surface area contributed by atoms with Crippen molar-refractivity contribution in [2.45, 2.75) is 32.6 Å². The molecular weight excluding hydrogens is 331 g/mol. The summed E-state index contributed by atoms with van der Waals surface area (Å²) in [4.78, 5) is 0. The fourth-order valence-corrected chi connectivity index (χ4v) is 2.32. The highest BCUT2D eigenvalue weighted by Crippen LogP contribution is 2.23. The van der Waals surface area contributed by atoms with E-state index in [1.165, 1.54) is 20.3 Å². The van der Waals surface area contributed by atoms with Gasteiger partial charge in [0.1, 0.15) is 0 Å². The molecule has 0 aliphatic rings. The number of hydrogen-bond donors (Lipinski definition) is 0. The summed E-state index contributed by atoms with van der Waals surface area (Å²) in [7, 11) is 0. The molecule has 0 aliphatic carbocycles. The van der Waals surface area contributed by atoms with Crippen LogP contribution in [0.15, 0.2) is 48.5 Å². The van der Waals surface area contributed by atoms with Gasteiger partial charge in [-0.1, -0.05) is 57.2 Å². The van der Waals surface area contributed by atoms with Crippen molar-refractivity contribution in [3.8, 4) is 0 Å². The summed E-state index contributed by atoms with van der Waals surface area (Å²) < 4.78 is 1.29. The molecule has 0 aromatic heterocycles. The first kappa shape index (κ1) is 13.6. The van der Waals surface area contributed by atoms with E-state index in [1.807, 2.05) is 0 Å². The number of benzene rings is 2. The minimum atomic E-state index is 0.237. The maximum atomic E-state index is 2.34. The van der Waals surface area contributed by atoms with Gasteiger partial charge in [-0.3, -0.25) is 0 Å². The van der Waals surface area contributed by atoms with Crippen LogP contribution < -0.4 is 0 Å². The second kappa shape index (κ2) is 5.43. The van der Waals surface area contributed by atoms with E-state index in [0.717, 1.165) is 6.42 Å². The van der Waals surface area contributed by atoms with E-state index in [2.05, 4.69) is 91.9 Å². The average Bonchev–Trinajstić information content (AvgIpc) is 2.32. The van der Waals surface area contributed by atoms with Crippen LogP contribution in [0.4, 0.5) is 0 Å². The zero-order valence-corrected chi connectivity index (χ0v) is 13.4. The summed E-state index contributed by atoms with van der Waals surface area (Å²) in [6.07, 6.45) is 1.02. The van der Waals surface area contributed by atoms with Crippen LogP contribution in [0.25, 0.3) is 0 Å². The number of halogens is 1. The molecule has 0 heterocycles. The molecule has 0 saturated heterocycles. The highest BCUT2D eigenvalue weighted by Gasteiger charge is 2.12. The van der Waals surface area contributed by atoms with Crippen molar-refractivity contribution < 1.29 is 0 Å². The Kier molecular flexibility index (Phi) is 4.10. The van der Waals surface area contributed by atoms with Crippen LogP contribution in [0.5, 0.6) is 0 Å². The summed E-state index contributed by atoms with van der Waals surface area (Å²) in [6, 6.07) is 17.7. The molecule has 0 fully saturated rings. The molecule has 2 rings (SSSR count). The second-order valence-electron chi connectivity index (χ2n) is 5.75. The smallest absolute Gasteiger partial charge is 0.0130 e. The Bertz CT molecular complexity index is 501. The number of hydrogen-bond acceptors (Lipinski definition) is 0. The van der Waals surface area contributed by atoms with E-state index in [1.54, 1.807) is 0 Å². The molecule has 2 aromatic carbocycles. The minimum absolute atomic E-state index is 0.237. The molecule has 1 heteroatoms. The molecule has 0 N–H and O–H groups in total. The zero-order valence-electron chi connectivity index (χ0n) is 11.2. The standard InChI is InChI=1S/C17H19I/c1-17(2,3)15-8-4-13(5-9-15)12-14-6-10-16(18)11-7-14/h4-11H,12H2,1-3H3. The van der Waals surface area contributed by atoms with Gasteiger partial charge in [-0.25, -0.2) is 0 Å². The second-order valence-corrected chi connectivity index (χ2v) is 7.00. The lowest BCUT2D eigenvalue weighted by molar-refractivity contribution is 0.590. The van der Waals surface area contributed by atoms with E-state index in [0.29, 0.717) is 0 Å². The van der Waals surface area contributed by atoms with Crippen LogP contribution in [-0.4, -0.2) is 0 Å². The van der Waals surface area contributed by atoms with Gasteiger partial charge in [-0.05, 0) is 63.2 Å². The van der Waals surface area contributed by atoms with Crippen molar-refractivity contribution in [1.82, 2.24) is 0 Å². The van der Waals surface area contributed by atoms with Crippen molar-refractivity contribution in [3.05, 3.63) is 68.8 Å². The summed E-state index contributed by atoms with van der Waals surface area (Å²) in [6.45, 7) is 6.75. The van der Waals surface area contributed by atoms with Crippen molar-refractivity contribution >= 4 is 22.6 Å². The summed E-state index contributed by atoms with van der Waals surface area (Å²) >= 11 is 2.34. The molecular formula is C17H19I. The lowest BCUT2D eigenvalue weighted by Crippen LogP contribution is -2.10. The highest BCUT2D eigenvalue weighted by molar-refractivity contribution is 14.1. The quantitative estimate of drug-likeness (QED) is 0.655. The Morgan fingerprint density at radius 1 is 0.778 bits per heavy atom. The van der Waals surface area contributed by atoms with Gasteiger partial charge in [0.05, 0.1) is 0 Å². The van der Waals surface area contributed by atoms with Crippen LogP contribution in [0.3, 0.4) is 0 Å². The Balaban J connectivity index is 2.13. The van der Waals surface area contributed by atoms with Gasteiger partial charge in [0.25, 0.3) is 0 Å². The van der Waals surface area contributed by atoms with E-state index in [4.69, 9.17) is 0 Å². The third kappa shape index (κ3) is 3.58. The van der Waals surface area contributed by atoms with Gasteiger partial charge in [-0.2, -0.15) is 0 Å². The third-order valence-corrected chi connectivity index (χ3v) is 3.86. The van der Waals surface area contributed by atoms with Gasteiger partial charge in [0.15, 0.2) is 0 Å². The SMILES string of the molecule is CC(C)(C)c1ccc(Cc2ccc(I)cc2)cc1. The lowest BCUT2D eigenvalue weighted by atomic mass is 9.86. The normalized spacial score (nSPS) is 11.6. The maximum Gasteiger partial charge on any atom is 0.0130 e. The predicted molar refractivity (Wildman–Crippen MR) is 87.1 cm³/mol. The van der Waals surface area contributed by atoms with Crippen molar-refractivity contribution in [2.75, 3.05) is 0 Å². The first-order valence-electron chi connectivity index (χ1n) is 6.29. The molecule has 0 saturated carbocycles. The number of rotatable bonds is 2. The first-order chi connectivity index (χ1) is 8.45. The summed E-state index contributed by atoms with van der Waals surface area (Å²) in [5.41, 5.74) is 4.39. The van der Waals surface area contributed by atoms with Gasteiger partial charge >= 0.3 is 0 Å². The molecule has 0 amide bonds. The van der Waals surface area contributed by atoms with E-state index in [9.17, 15) is 0 Å². The molecule has 0 unspecified atom stereocenters. The van der Waals surface area contributed by atoms with Gasteiger partial charge < -0.3 is 0 Å². The molecule has 0 bridgehead atoms. The molecule has 0 atom stereocenters. The van der Waals surface area contributed by atoms with Crippen molar-refractivity contribution in [3.63, 3.8) is 0 Å². The monoisotopic (exact) mass is 350 g/mol. The van der Waals surface area contributed by atoms with Gasteiger partial charge in [-0.15, -0.1) is 0 Å². The summed E-state index contributed by atoms with van der Waals surface area (Å²) in [5.74, 6) is 0. The lowest BCUT2D eigenvalue weighted by Gasteiger charge is -2.19. The average molecular weight is 350 g/mol. The molecule has 0 aliphatic heterocycles. The molecule has 0 nitrogen and oxygen atoms in total. The fraction of sp³-hybridized carbons (Fsp3) is 0.294. The van der Waals surface area contributed by atoms with Crippen LogP contribution in [-0.2, 0) is 11.8 Å². The third-order valence-electron chi connectivity index (χ3n) is 3.14. The minimum Gasteiger partial charge on any atom is -0.0584 e. The van der Waals surface area contributed by atoms with Gasteiger partial charge in [0.2, 0.25) is 0 Å². The zero-order chi connectivity index (χ0) is 13.2. The molecule has 18 heavy (non-hydrogen) atoms. The fourth-order valence-electron chi connectivity index (χ4n) is 1.96. The van der Waals surface area contributed by atoms with E-state index < -0.39 is 0 Å². The van der Waals surface area contributed by atoms with Crippen LogP contribution in [0.2, 0.25) is 0 Å². The van der Waals surface area contributed by atoms with Crippen molar-refractivity contribution in [1.29, 1.82) is 0 Å². The Morgan fingerprint density at radius 2 is 1.22 bits per heavy atom. The Labute approximate surface area is 124 Å². The Hall–Kier alpha value is -0.830. The predicted octanol–water partition coefficient (Wildman–Crippen LogP) is 5.18. The van der Waals surface area contributed by atoms with Crippen molar-refractivity contribution in [2.24, 2.45) is 0 Å². The Morgan fingerprint density at radius 3 is 1.67 bits per heavy atom. The topological polar surface area (TPSA) is 0 Å². The molecule has 0 spiro atoms.